The molecule has 7 aromatic rings. The second kappa shape index (κ2) is 20.0. The topological polar surface area (TPSA) is 13.1 Å². The fraction of sp³-hybridized carbons (Fsp3) is 0.400. The van der Waals surface area contributed by atoms with Crippen molar-refractivity contribution >= 4 is 97.3 Å². The zero-order valence-corrected chi connectivity index (χ0v) is 45.8. The van der Waals surface area contributed by atoms with Crippen molar-refractivity contribution in [1.29, 1.82) is 0 Å². The maximum Gasteiger partial charge on any atom is 0.138 e. The molecule has 0 unspecified atom stereocenters. The first-order valence-corrected chi connectivity index (χ1v) is 35.8. The molecule has 0 N–H and O–H groups in total. The fourth-order valence-corrected chi connectivity index (χ4v) is 20.3. The highest BCUT2D eigenvalue weighted by Crippen LogP contribution is 2.46. The summed E-state index contributed by atoms with van der Waals surface area (Å²) in [6.45, 7) is 28.3. The van der Waals surface area contributed by atoms with Crippen molar-refractivity contribution in [3.05, 3.63) is 95.1 Å². The molecule has 0 aliphatic carbocycles. The number of rotatable bonds is 12. The monoisotopic (exact) mass is 920 g/mol. The summed E-state index contributed by atoms with van der Waals surface area (Å²) in [6, 6.07) is 40.8. The van der Waals surface area contributed by atoms with Crippen molar-refractivity contribution in [2.24, 2.45) is 0 Å². The molecule has 0 spiro atoms. The lowest BCUT2D eigenvalue weighted by Gasteiger charge is -2.21. The molecule has 0 atom stereocenters. The summed E-state index contributed by atoms with van der Waals surface area (Å²) in [5, 5.41) is 11.7. The SMILES string of the molecule is CC[Si](C#Cc1c2ccccc2c(C#C[Si](CC)(CC)CC)c2c1ccc1oc3ccc4c(C#C[Si](CC)(CC)CC)c5ccccc5c(C#C[Si](CC)(CC)CC)c4c3c12)(CC)CC. The Balaban J connectivity index is 1.82. The standard InChI is InChI=1S/C60H72OSi4/c1-13-62(14-2,15-3)41-37-49-45-29-25-27-31-47(45)53(39-43-64(19-7,20-8)21-9)57-51(49)33-35-55-59(57)60-56(61-55)36-34-52-50(38-42-63(16-4,17-5)18-6)46-30-26-28-32-48(46)54(58(52)60)40-44-65(22-10,23-11)24-12/h25-36H,13-24H2,1-12H3. The van der Waals surface area contributed by atoms with Gasteiger partial charge in [-0.25, -0.2) is 0 Å². The molecule has 1 heterocycles. The van der Waals surface area contributed by atoms with Crippen LogP contribution in [0.2, 0.25) is 72.5 Å². The third kappa shape index (κ3) is 8.49. The van der Waals surface area contributed by atoms with Crippen LogP contribution in [-0.4, -0.2) is 32.3 Å². The van der Waals surface area contributed by atoms with Gasteiger partial charge in [0.1, 0.15) is 43.5 Å². The summed E-state index contributed by atoms with van der Waals surface area (Å²) in [4.78, 5) is 0. The van der Waals surface area contributed by atoms with Gasteiger partial charge in [0, 0.05) is 54.6 Å². The average molecular weight is 922 g/mol. The third-order valence-electron chi connectivity index (χ3n) is 16.7. The van der Waals surface area contributed by atoms with Crippen LogP contribution in [-0.2, 0) is 0 Å². The summed E-state index contributed by atoms with van der Waals surface area (Å²) in [5.41, 5.74) is 22.4. The predicted octanol–water partition coefficient (Wildman–Crippen LogP) is 17.8. The summed E-state index contributed by atoms with van der Waals surface area (Å²) < 4.78 is 7.10. The van der Waals surface area contributed by atoms with Gasteiger partial charge in [-0.15, -0.1) is 22.2 Å². The summed E-state index contributed by atoms with van der Waals surface area (Å²) in [7, 11) is -7.28. The predicted molar refractivity (Wildman–Crippen MR) is 300 cm³/mol. The number of furan rings is 1. The van der Waals surface area contributed by atoms with Crippen molar-refractivity contribution in [2.45, 2.75) is 156 Å². The minimum atomic E-state index is -1.85. The molecule has 65 heavy (non-hydrogen) atoms. The molecule has 0 fully saturated rings. The van der Waals surface area contributed by atoms with Crippen molar-refractivity contribution in [3.63, 3.8) is 0 Å². The van der Waals surface area contributed by atoms with E-state index in [1.54, 1.807) is 0 Å². The molecule has 0 amide bonds. The van der Waals surface area contributed by atoms with E-state index in [1.165, 1.54) is 43.1 Å². The highest BCUT2D eigenvalue weighted by Gasteiger charge is 2.29. The molecule has 5 heteroatoms. The minimum absolute atomic E-state index is 0.884. The van der Waals surface area contributed by atoms with Gasteiger partial charge in [0.25, 0.3) is 0 Å². The fourth-order valence-electron chi connectivity index (χ4n) is 10.7. The third-order valence-corrected chi connectivity index (χ3v) is 35.6. The Morgan fingerprint density at radius 3 is 0.800 bits per heavy atom. The van der Waals surface area contributed by atoms with Crippen LogP contribution in [0.1, 0.15) is 105 Å². The Morgan fingerprint density at radius 2 is 0.538 bits per heavy atom. The largest absolute Gasteiger partial charge is 0.456 e. The quantitative estimate of drug-likeness (QED) is 0.0676. The molecule has 0 saturated heterocycles. The molecule has 0 radical (unpaired) electrons. The van der Waals surface area contributed by atoms with Crippen molar-refractivity contribution in [3.8, 4) is 45.9 Å². The van der Waals surface area contributed by atoms with E-state index < -0.39 is 32.3 Å². The minimum Gasteiger partial charge on any atom is -0.456 e. The molecular formula is C60H72OSi4. The Kier molecular flexibility index (Phi) is 14.8. The van der Waals surface area contributed by atoms with E-state index in [0.717, 1.165) is 117 Å². The second-order valence-corrected chi connectivity index (χ2v) is 38.5. The van der Waals surface area contributed by atoms with Crippen LogP contribution in [0.25, 0.3) is 65.0 Å². The maximum atomic E-state index is 7.10. The van der Waals surface area contributed by atoms with Crippen molar-refractivity contribution in [1.82, 2.24) is 0 Å². The molecule has 6 aromatic carbocycles. The first kappa shape index (κ1) is 48.2. The van der Waals surface area contributed by atoms with E-state index in [-0.39, 0.29) is 0 Å². The zero-order valence-electron chi connectivity index (χ0n) is 41.8. The van der Waals surface area contributed by atoms with E-state index >= 15 is 0 Å². The van der Waals surface area contributed by atoms with E-state index in [4.69, 9.17) is 4.42 Å². The smallest absolute Gasteiger partial charge is 0.138 e. The van der Waals surface area contributed by atoms with Crippen LogP contribution in [0.15, 0.2) is 77.2 Å². The Labute approximate surface area is 396 Å². The maximum absolute atomic E-state index is 7.10. The van der Waals surface area contributed by atoms with Crippen LogP contribution in [0.5, 0.6) is 0 Å². The van der Waals surface area contributed by atoms with Gasteiger partial charge in [-0.1, -0.05) is 155 Å². The first-order valence-electron chi connectivity index (χ1n) is 25.4. The van der Waals surface area contributed by atoms with Gasteiger partial charge in [0.05, 0.1) is 0 Å². The highest BCUT2D eigenvalue weighted by molar-refractivity contribution is 6.88. The van der Waals surface area contributed by atoms with Crippen LogP contribution in [0.4, 0.5) is 0 Å². The lowest BCUT2D eigenvalue weighted by Crippen LogP contribution is -2.29. The van der Waals surface area contributed by atoms with Gasteiger partial charge >= 0.3 is 0 Å². The Bertz CT molecular complexity index is 2930. The van der Waals surface area contributed by atoms with Crippen LogP contribution < -0.4 is 0 Å². The summed E-state index contributed by atoms with van der Waals surface area (Å²) >= 11 is 0. The number of hydrogen-bond acceptors (Lipinski definition) is 1. The van der Waals surface area contributed by atoms with Gasteiger partial charge in [-0.2, -0.15) is 0 Å². The van der Waals surface area contributed by atoms with Crippen LogP contribution in [0.3, 0.4) is 0 Å². The van der Waals surface area contributed by atoms with Crippen LogP contribution in [0, 0.1) is 45.9 Å². The zero-order chi connectivity index (χ0) is 46.6. The molecular weight excluding hydrogens is 849 g/mol. The van der Waals surface area contributed by atoms with E-state index in [0.29, 0.717) is 0 Å². The first-order chi connectivity index (χ1) is 31.5. The van der Waals surface area contributed by atoms with Crippen LogP contribution >= 0.6 is 0 Å². The van der Waals surface area contributed by atoms with E-state index in [9.17, 15) is 0 Å². The summed E-state index contributed by atoms with van der Waals surface area (Å²) in [6.07, 6.45) is 0. The molecule has 0 aliphatic rings. The molecule has 0 saturated carbocycles. The normalized spacial score (nSPS) is 12.2. The van der Waals surface area contributed by atoms with E-state index in [1.807, 2.05) is 0 Å². The Hall–Kier alpha value is -4.73. The average Bonchev–Trinajstić information content (AvgIpc) is 3.75. The second-order valence-electron chi connectivity index (χ2n) is 18.8. The van der Waals surface area contributed by atoms with Crippen molar-refractivity contribution < 1.29 is 4.42 Å². The highest BCUT2D eigenvalue weighted by atomic mass is 28.3. The number of fused-ring (bicyclic) bond motifs is 9. The number of benzene rings is 6. The molecule has 1 nitrogen and oxygen atoms in total. The molecule has 7 rings (SSSR count). The van der Waals surface area contributed by atoms with Crippen molar-refractivity contribution in [2.75, 3.05) is 0 Å². The van der Waals surface area contributed by atoms with E-state index in [2.05, 4.69) is 202 Å². The number of hydrogen-bond donors (Lipinski definition) is 0. The lowest BCUT2D eigenvalue weighted by atomic mass is 9.87. The Morgan fingerprint density at radius 1 is 0.292 bits per heavy atom. The molecule has 1 aromatic heterocycles. The van der Waals surface area contributed by atoms with Gasteiger partial charge in [-0.05, 0) is 118 Å². The van der Waals surface area contributed by atoms with Gasteiger partial charge in [-0.3, -0.25) is 0 Å². The lowest BCUT2D eigenvalue weighted by molar-refractivity contribution is 0.669. The van der Waals surface area contributed by atoms with Gasteiger partial charge < -0.3 is 4.42 Å². The van der Waals surface area contributed by atoms with Gasteiger partial charge in [0.15, 0.2) is 0 Å². The summed E-state index contributed by atoms with van der Waals surface area (Å²) in [5.74, 6) is 16.0. The molecule has 0 aliphatic heterocycles. The molecule has 334 valence electrons. The molecule has 0 bridgehead atoms. The van der Waals surface area contributed by atoms with Gasteiger partial charge in [0.2, 0.25) is 0 Å².